The first kappa shape index (κ1) is 22.0. The molecule has 1 aliphatic rings. The van der Waals surface area contributed by atoms with Crippen molar-refractivity contribution in [1.29, 1.82) is 0 Å². The van der Waals surface area contributed by atoms with E-state index >= 15 is 0 Å². The first-order valence-corrected chi connectivity index (χ1v) is 9.01. The second-order valence-electron chi connectivity index (χ2n) is 6.57. The van der Waals surface area contributed by atoms with Crippen LogP contribution in [-0.2, 0) is 6.42 Å². The summed E-state index contributed by atoms with van der Waals surface area (Å²) in [6.07, 6.45) is 3.67. The van der Waals surface area contributed by atoms with Crippen molar-refractivity contribution in [2.24, 2.45) is 10.9 Å². The highest BCUT2D eigenvalue weighted by atomic mass is 127. The van der Waals surface area contributed by atoms with Crippen molar-refractivity contribution in [1.82, 2.24) is 15.5 Å². The Kier molecular flexibility index (Phi) is 10.9. The van der Waals surface area contributed by atoms with Gasteiger partial charge in [0.1, 0.15) is 5.75 Å². The molecule has 1 aromatic carbocycles. The molecule has 2 N–H and O–H groups in total. The summed E-state index contributed by atoms with van der Waals surface area (Å²) in [5, 5.41) is 6.80. The number of nitrogens with zero attached hydrogens (tertiary/aromatic N) is 2. The Labute approximate surface area is 169 Å². The molecule has 0 saturated carbocycles. The van der Waals surface area contributed by atoms with Gasteiger partial charge in [0.15, 0.2) is 5.96 Å². The van der Waals surface area contributed by atoms with E-state index < -0.39 is 0 Å². The van der Waals surface area contributed by atoms with Crippen LogP contribution in [0.2, 0.25) is 0 Å². The van der Waals surface area contributed by atoms with E-state index in [9.17, 15) is 0 Å². The fourth-order valence-electron chi connectivity index (χ4n) is 3.16. The Balaban J connectivity index is 0.00000312. The SMILES string of the molecule is CN=C(NCCc1ccc(OC)cc1)NCCN1CCCC(C)C1.I. The van der Waals surface area contributed by atoms with Gasteiger partial charge in [-0.2, -0.15) is 0 Å². The van der Waals surface area contributed by atoms with Crippen LogP contribution in [0.5, 0.6) is 5.75 Å². The van der Waals surface area contributed by atoms with E-state index in [1.807, 2.05) is 19.2 Å². The maximum absolute atomic E-state index is 5.18. The molecule has 1 unspecified atom stereocenters. The van der Waals surface area contributed by atoms with Crippen LogP contribution in [0.3, 0.4) is 0 Å². The zero-order valence-electron chi connectivity index (χ0n) is 15.8. The van der Waals surface area contributed by atoms with Crippen LogP contribution in [-0.4, -0.2) is 57.7 Å². The molecule has 142 valence electrons. The van der Waals surface area contributed by atoms with Gasteiger partial charge in [0.25, 0.3) is 0 Å². The smallest absolute Gasteiger partial charge is 0.191 e. The molecule has 2 rings (SSSR count). The van der Waals surface area contributed by atoms with Crippen LogP contribution < -0.4 is 15.4 Å². The van der Waals surface area contributed by atoms with Gasteiger partial charge in [-0.05, 0) is 49.4 Å². The first-order chi connectivity index (χ1) is 11.7. The number of halogens is 1. The van der Waals surface area contributed by atoms with Crippen molar-refractivity contribution in [3.05, 3.63) is 29.8 Å². The minimum Gasteiger partial charge on any atom is -0.497 e. The number of nitrogens with one attached hydrogen (secondary N) is 2. The lowest BCUT2D eigenvalue weighted by Crippen LogP contribution is -2.44. The molecule has 0 aliphatic carbocycles. The molecule has 6 heteroatoms. The van der Waals surface area contributed by atoms with Crippen LogP contribution in [0.15, 0.2) is 29.3 Å². The molecule has 0 spiro atoms. The number of benzene rings is 1. The molecule has 1 saturated heterocycles. The number of aliphatic imine (C=N–C) groups is 1. The highest BCUT2D eigenvalue weighted by Gasteiger charge is 2.15. The van der Waals surface area contributed by atoms with E-state index in [-0.39, 0.29) is 24.0 Å². The Hall–Kier alpha value is -1.02. The summed E-state index contributed by atoms with van der Waals surface area (Å²) in [4.78, 5) is 6.85. The summed E-state index contributed by atoms with van der Waals surface area (Å²) in [6.45, 7) is 7.70. The van der Waals surface area contributed by atoms with Crippen molar-refractivity contribution in [2.75, 3.05) is 46.9 Å². The fourth-order valence-corrected chi connectivity index (χ4v) is 3.16. The molecule has 5 nitrogen and oxygen atoms in total. The fraction of sp³-hybridized carbons (Fsp3) is 0.632. The summed E-state index contributed by atoms with van der Waals surface area (Å²) in [6, 6.07) is 8.21. The Bertz CT molecular complexity index is 507. The summed E-state index contributed by atoms with van der Waals surface area (Å²) in [7, 11) is 3.52. The lowest BCUT2D eigenvalue weighted by atomic mass is 10.0. The van der Waals surface area contributed by atoms with E-state index in [0.29, 0.717) is 0 Å². The van der Waals surface area contributed by atoms with E-state index in [4.69, 9.17) is 4.74 Å². The second kappa shape index (κ2) is 12.4. The zero-order chi connectivity index (χ0) is 17.2. The minimum absolute atomic E-state index is 0. The number of likely N-dealkylation sites (tertiary alicyclic amines) is 1. The van der Waals surface area contributed by atoms with Gasteiger partial charge in [-0.3, -0.25) is 4.99 Å². The van der Waals surface area contributed by atoms with Crippen LogP contribution in [0, 0.1) is 5.92 Å². The van der Waals surface area contributed by atoms with Crippen molar-refractivity contribution < 1.29 is 4.74 Å². The molecule has 1 aliphatic heterocycles. The predicted molar refractivity (Wildman–Crippen MR) is 116 cm³/mol. The van der Waals surface area contributed by atoms with Gasteiger partial charge in [0.2, 0.25) is 0 Å². The molecule has 1 atom stereocenters. The Morgan fingerprint density at radius 3 is 2.60 bits per heavy atom. The summed E-state index contributed by atoms with van der Waals surface area (Å²) in [5.74, 6) is 2.62. The third-order valence-corrected chi connectivity index (χ3v) is 4.55. The van der Waals surface area contributed by atoms with Gasteiger partial charge in [-0.25, -0.2) is 0 Å². The number of hydrogen-bond donors (Lipinski definition) is 2. The molecule has 0 amide bonds. The van der Waals surface area contributed by atoms with E-state index in [2.05, 4.69) is 39.6 Å². The molecular formula is C19H33IN4O. The quantitative estimate of drug-likeness (QED) is 0.373. The van der Waals surface area contributed by atoms with Crippen molar-refractivity contribution in [2.45, 2.75) is 26.2 Å². The van der Waals surface area contributed by atoms with Gasteiger partial charge in [-0.15, -0.1) is 24.0 Å². The number of guanidine groups is 1. The van der Waals surface area contributed by atoms with E-state index in [1.165, 1.54) is 31.5 Å². The monoisotopic (exact) mass is 460 g/mol. The molecule has 1 heterocycles. The number of piperidine rings is 1. The number of rotatable bonds is 7. The molecule has 0 aromatic heterocycles. The van der Waals surface area contributed by atoms with Crippen molar-refractivity contribution >= 4 is 29.9 Å². The van der Waals surface area contributed by atoms with Crippen LogP contribution in [0.1, 0.15) is 25.3 Å². The summed E-state index contributed by atoms with van der Waals surface area (Å²) >= 11 is 0. The maximum Gasteiger partial charge on any atom is 0.191 e. The molecule has 1 fully saturated rings. The van der Waals surface area contributed by atoms with Gasteiger partial charge in [0, 0.05) is 33.2 Å². The number of hydrogen-bond acceptors (Lipinski definition) is 3. The average molecular weight is 460 g/mol. The van der Waals surface area contributed by atoms with Gasteiger partial charge in [0.05, 0.1) is 7.11 Å². The maximum atomic E-state index is 5.18. The lowest BCUT2D eigenvalue weighted by molar-refractivity contribution is 0.187. The molecule has 0 radical (unpaired) electrons. The minimum atomic E-state index is 0. The summed E-state index contributed by atoms with van der Waals surface area (Å²) < 4.78 is 5.18. The third-order valence-electron chi connectivity index (χ3n) is 4.55. The highest BCUT2D eigenvalue weighted by molar-refractivity contribution is 14.0. The standard InChI is InChI=1S/C19H32N4O.HI/c1-16-5-4-13-23(15-16)14-12-22-19(20-2)21-11-10-17-6-8-18(24-3)9-7-17;/h6-9,16H,4-5,10-15H2,1-3H3,(H2,20,21,22);1H. The molecule has 0 bridgehead atoms. The van der Waals surface area contributed by atoms with Gasteiger partial charge >= 0.3 is 0 Å². The molecular weight excluding hydrogens is 427 g/mol. The van der Waals surface area contributed by atoms with Crippen molar-refractivity contribution in [3.63, 3.8) is 0 Å². The molecule has 1 aromatic rings. The van der Waals surface area contributed by atoms with Crippen LogP contribution in [0.25, 0.3) is 0 Å². The largest absolute Gasteiger partial charge is 0.497 e. The van der Waals surface area contributed by atoms with Crippen LogP contribution in [0.4, 0.5) is 0 Å². The Morgan fingerprint density at radius 1 is 1.24 bits per heavy atom. The van der Waals surface area contributed by atoms with Crippen molar-refractivity contribution in [3.8, 4) is 5.75 Å². The normalized spacial score (nSPS) is 18.4. The number of methoxy groups -OCH3 is 1. The third kappa shape index (κ3) is 8.27. The average Bonchev–Trinajstić information content (AvgIpc) is 2.61. The van der Waals surface area contributed by atoms with E-state index in [1.54, 1.807) is 7.11 Å². The Morgan fingerprint density at radius 2 is 1.96 bits per heavy atom. The van der Waals surface area contributed by atoms with E-state index in [0.717, 1.165) is 43.7 Å². The van der Waals surface area contributed by atoms with Crippen LogP contribution >= 0.6 is 24.0 Å². The second-order valence-corrected chi connectivity index (χ2v) is 6.57. The topological polar surface area (TPSA) is 48.9 Å². The predicted octanol–water partition coefficient (Wildman–Crippen LogP) is 2.75. The highest BCUT2D eigenvalue weighted by Crippen LogP contribution is 2.14. The summed E-state index contributed by atoms with van der Waals surface area (Å²) in [5.41, 5.74) is 1.29. The van der Waals surface area contributed by atoms with Gasteiger partial charge < -0.3 is 20.3 Å². The molecule has 25 heavy (non-hydrogen) atoms. The first-order valence-electron chi connectivity index (χ1n) is 9.01. The van der Waals surface area contributed by atoms with Gasteiger partial charge in [-0.1, -0.05) is 19.1 Å². The number of ether oxygens (including phenoxy) is 1. The zero-order valence-corrected chi connectivity index (χ0v) is 18.1. The lowest BCUT2D eigenvalue weighted by Gasteiger charge is -2.30.